The van der Waals surface area contributed by atoms with Gasteiger partial charge < -0.3 is 10.1 Å². The summed E-state index contributed by atoms with van der Waals surface area (Å²) in [6, 6.07) is 7.41. The molecule has 27 heavy (non-hydrogen) atoms. The molecule has 1 aromatic carbocycles. The number of anilines is 1. The Morgan fingerprint density at radius 1 is 1.22 bits per heavy atom. The van der Waals surface area contributed by atoms with Crippen LogP contribution in [0.1, 0.15) is 43.7 Å². The maximum Gasteiger partial charge on any atom is 0.298 e. The summed E-state index contributed by atoms with van der Waals surface area (Å²) >= 11 is 6.05. The minimum atomic E-state index is -0.366. The van der Waals surface area contributed by atoms with E-state index < -0.39 is 0 Å². The highest BCUT2D eigenvalue weighted by molar-refractivity contribution is 6.30. The molecule has 1 aliphatic carbocycles. The van der Waals surface area contributed by atoms with Crippen molar-refractivity contribution in [2.75, 3.05) is 12.4 Å². The molecule has 2 aliphatic rings. The Kier molecular flexibility index (Phi) is 4.26. The number of carbonyl (C=O) groups is 1. The molecule has 0 radical (unpaired) electrons. The average molecular weight is 388 g/mol. The fourth-order valence-electron chi connectivity index (χ4n) is 4.52. The van der Waals surface area contributed by atoms with E-state index in [1.807, 2.05) is 12.1 Å². The number of carbonyl (C=O) groups excluding carboxylic acids is 1. The Morgan fingerprint density at radius 3 is 2.59 bits per heavy atom. The molecule has 0 bridgehead atoms. The highest BCUT2D eigenvalue weighted by atomic mass is 35.5. The second-order valence-corrected chi connectivity index (χ2v) is 8.59. The van der Waals surface area contributed by atoms with Gasteiger partial charge in [-0.15, -0.1) is 0 Å². The Bertz CT molecular complexity index is 952. The van der Waals surface area contributed by atoms with Crippen LogP contribution in [0.25, 0.3) is 0 Å². The van der Waals surface area contributed by atoms with Crippen molar-refractivity contribution < 1.29 is 9.53 Å². The second kappa shape index (κ2) is 6.37. The predicted octanol–water partition coefficient (Wildman–Crippen LogP) is 3.36. The van der Waals surface area contributed by atoms with Crippen LogP contribution in [0.3, 0.4) is 0 Å². The molecule has 1 fully saturated rings. The van der Waals surface area contributed by atoms with Gasteiger partial charge in [-0.25, -0.2) is 0 Å². The summed E-state index contributed by atoms with van der Waals surface area (Å²) in [6.07, 6.45) is 1.32. The fraction of sp³-hybridized carbons (Fsp3) is 0.450. The van der Waals surface area contributed by atoms with Gasteiger partial charge >= 0.3 is 0 Å². The number of nitrogens with one attached hydrogen (secondary N) is 2. The molecule has 142 valence electrons. The van der Waals surface area contributed by atoms with Crippen LogP contribution >= 0.6 is 11.6 Å². The number of benzene rings is 1. The summed E-state index contributed by atoms with van der Waals surface area (Å²) in [5, 5.41) is 3.97. The molecular formula is C20H22ClN3O3. The zero-order valence-corrected chi connectivity index (χ0v) is 16.3. The van der Waals surface area contributed by atoms with Crippen molar-refractivity contribution in [3.05, 3.63) is 50.8 Å². The van der Waals surface area contributed by atoms with Crippen molar-refractivity contribution in [3.63, 3.8) is 0 Å². The SMILES string of the molecule is COc1nc2c(c(=O)[nH]1)C(c1ccc(Cl)cc1)C1C(=O)CC(C)(C)CC1N2. The van der Waals surface area contributed by atoms with E-state index in [9.17, 15) is 9.59 Å². The highest BCUT2D eigenvalue weighted by Crippen LogP contribution is 2.48. The Labute approximate surface area is 162 Å². The number of ketones is 1. The van der Waals surface area contributed by atoms with Crippen LogP contribution in [0.4, 0.5) is 5.82 Å². The summed E-state index contributed by atoms with van der Waals surface area (Å²) in [4.78, 5) is 33.0. The molecule has 2 N–H and O–H groups in total. The number of H-pyrrole nitrogens is 1. The molecule has 2 aromatic rings. The van der Waals surface area contributed by atoms with Crippen molar-refractivity contribution in [3.8, 4) is 6.01 Å². The topological polar surface area (TPSA) is 84.1 Å². The molecule has 0 spiro atoms. The second-order valence-electron chi connectivity index (χ2n) is 8.15. The molecule has 2 heterocycles. The number of hydrogen-bond donors (Lipinski definition) is 2. The lowest BCUT2D eigenvalue weighted by Crippen LogP contribution is -2.51. The Balaban J connectivity index is 1.92. The number of aromatic amines is 1. The Hall–Kier alpha value is -2.34. The van der Waals surface area contributed by atoms with Crippen molar-refractivity contribution in [2.45, 2.75) is 38.6 Å². The van der Waals surface area contributed by atoms with Crippen molar-refractivity contribution in [1.82, 2.24) is 9.97 Å². The van der Waals surface area contributed by atoms with Crippen LogP contribution in [0.5, 0.6) is 6.01 Å². The summed E-state index contributed by atoms with van der Waals surface area (Å²) < 4.78 is 5.12. The van der Waals surface area contributed by atoms with Gasteiger partial charge in [-0.05, 0) is 29.5 Å². The van der Waals surface area contributed by atoms with E-state index in [1.54, 1.807) is 12.1 Å². The molecule has 0 saturated heterocycles. The molecule has 3 atom stereocenters. The number of halogens is 1. The van der Waals surface area contributed by atoms with Gasteiger partial charge in [-0.2, -0.15) is 4.98 Å². The molecule has 1 aromatic heterocycles. The van der Waals surface area contributed by atoms with E-state index in [4.69, 9.17) is 16.3 Å². The van der Waals surface area contributed by atoms with Gasteiger partial charge in [0.2, 0.25) is 0 Å². The first-order chi connectivity index (χ1) is 12.8. The van der Waals surface area contributed by atoms with Gasteiger partial charge in [-0.3, -0.25) is 14.6 Å². The zero-order valence-electron chi connectivity index (χ0n) is 15.5. The fourth-order valence-corrected chi connectivity index (χ4v) is 4.65. The minimum absolute atomic E-state index is 0.0894. The first-order valence-corrected chi connectivity index (χ1v) is 9.40. The number of Topliss-reactive ketones (excluding diaryl/α,β-unsaturated/α-hetero) is 1. The van der Waals surface area contributed by atoms with Crippen LogP contribution in [0.2, 0.25) is 5.02 Å². The van der Waals surface area contributed by atoms with E-state index in [2.05, 4.69) is 29.1 Å². The summed E-state index contributed by atoms with van der Waals surface area (Å²) in [6.45, 7) is 4.20. The largest absolute Gasteiger partial charge is 0.468 e. The van der Waals surface area contributed by atoms with E-state index in [1.165, 1.54) is 7.11 Å². The maximum absolute atomic E-state index is 13.1. The summed E-state index contributed by atoms with van der Waals surface area (Å²) in [5.41, 5.74) is 0.981. The third kappa shape index (κ3) is 3.12. The van der Waals surface area contributed by atoms with Crippen LogP contribution in [-0.2, 0) is 4.79 Å². The number of aromatic nitrogens is 2. The third-order valence-electron chi connectivity index (χ3n) is 5.58. The molecule has 0 amide bonds. The van der Waals surface area contributed by atoms with E-state index in [0.717, 1.165) is 12.0 Å². The quantitative estimate of drug-likeness (QED) is 0.825. The van der Waals surface area contributed by atoms with Gasteiger partial charge in [0, 0.05) is 29.3 Å². The van der Waals surface area contributed by atoms with Gasteiger partial charge in [0.15, 0.2) is 0 Å². The molecule has 1 saturated carbocycles. The van der Waals surface area contributed by atoms with Crippen LogP contribution in [0, 0.1) is 11.3 Å². The van der Waals surface area contributed by atoms with Gasteiger partial charge in [0.1, 0.15) is 11.6 Å². The molecule has 4 rings (SSSR count). The molecule has 7 heteroatoms. The predicted molar refractivity (Wildman–Crippen MR) is 104 cm³/mol. The molecular weight excluding hydrogens is 366 g/mol. The Morgan fingerprint density at radius 2 is 1.93 bits per heavy atom. The van der Waals surface area contributed by atoms with Gasteiger partial charge in [0.25, 0.3) is 11.6 Å². The van der Waals surface area contributed by atoms with Gasteiger partial charge in [-0.1, -0.05) is 37.6 Å². The highest BCUT2D eigenvalue weighted by Gasteiger charge is 2.49. The lowest BCUT2D eigenvalue weighted by atomic mass is 9.62. The third-order valence-corrected chi connectivity index (χ3v) is 5.83. The lowest BCUT2D eigenvalue weighted by molar-refractivity contribution is -0.129. The first-order valence-electron chi connectivity index (χ1n) is 9.02. The number of methoxy groups -OCH3 is 1. The first kappa shape index (κ1) is 18.0. The van der Waals surface area contributed by atoms with Crippen molar-refractivity contribution in [2.24, 2.45) is 11.3 Å². The summed E-state index contributed by atoms with van der Waals surface area (Å²) in [5.74, 6) is -0.0239. The van der Waals surface area contributed by atoms with Crippen LogP contribution in [-0.4, -0.2) is 28.9 Å². The van der Waals surface area contributed by atoms with Crippen LogP contribution in [0.15, 0.2) is 29.1 Å². The van der Waals surface area contributed by atoms with E-state index in [0.29, 0.717) is 22.8 Å². The normalized spacial score (nSPS) is 25.9. The maximum atomic E-state index is 13.1. The standard InChI is InChI=1S/C20H22ClN3O3/c1-20(2)8-12-15(13(25)9-20)14(10-4-6-11(21)7-5-10)16-17(22-12)23-19(27-3)24-18(16)26/h4-7,12,14-15H,8-9H2,1-3H3,(H2,22,23,24,26). The zero-order chi connectivity index (χ0) is 19.3. The number of hydrogen-bond acceptors (Lipinski definition) is 5. The van der Waals surface area contributed by atoms with Crippen molar-refractivity contribution in [1.29, 1.82) is 0 Å². The van der Waals surface area contributed by atoms with E-state index in [-0.39, 0.29) is 40.6 Å². The monoisotopic (exact) mass is 387 g/mol. The van der Waals surface area contributed by atoms with Gasteiger partial charge in [0.05, 0.1) is 12.7 Å². The van der Waals surface area contributed by atoms with Crippen LogP contribution < -0.4 is 15.6 Å². The number of ether oxygens (including phenoxy) is 1. The van der Waals surface area contributed by atoms with Crippen molar-refractivity contribution >= 4 is 23.2 Å². The molecule has 6 nitrogen and oxygen atoms in total. The number of nitrogens with zero attached hydrogens (tertiary/aromatic N) is 1. The number of rotatable bonds is 2. The lowest BCUT2D eigenvalue weighted by Gasteiger charge is -2.46. The number of fused-ring (bicyclic) bond motifs is 2. The average Bonchev–Trinajstić information content (AvgIpc) is 2.59. The summed E-state index contributed by atoms with van der Waals surface area (Å²) in [7, 11) is 1.46. The molecule has 3 unspecified atom stereocenters. The van der Waals surface area contributed by atoms with E-state index >= 15 is 0 Å². The minimum Gasteiger partial charge on any atom is -0.468 e. The molecule has 1 aliphatic heterocycles. The smallest absolute Gasteiger partial charge is 0.298 e.